The molecule has 1 aromatic carbocycles. The molecular formula is C19H24N2O4S. The number of hydrogen-bond acceptors (Lipinski definition) is 5. The van der Waals surface area contributed by atoms with Crippen molar-refractivity contribution in [3.05, 3.63) is 52.9 Å². The molecular weight excluding hydrogens is 352 g/mol. The summed E-state index contributed by atoms with van der Waals surface area (Å²) in [6.45, 7) is 4.41. The standard InChI is InChI=1S/C19H24N2O4S/c1-14-17(15(2)25-20-14)8-9-19(22)21-11-10-18(26(23,24)13-12-21)16-6-4-3-5-7-16/h3-7,18H,8-13H2,1-2H3. The summed E-state index contributed by atoms with van der Waals surface area (Å²) in [4.78, 5) is 14.3. The Hall–Kier alpha value is -2.15. The van der Waals surface area contributed by atoms with Crippen molar-refractivity contribution in [3.8, 4) is 0 Å². The molecule has 2 heterocycles. The maximum absolute atomic E-state index is 12.6. The zero-order valence-corrected chi connectivity index (χ0v) is 16.0. The van der Waals surface area contributed by atoms with Crippen molar-refractivity contribution in [2.75, 3.05) is 18.8 Å². The molecule has 0 saturated carbocycles. The van der Waals surface area contributed by atoms with E-state index in [0.29, 0.717) is 25.8 Å². The summed E-state index contributed by atoms with van der Waals surface area (Å²) in [6, 6.07) is 9.26. The van der Waals surface area contributed by atoms with Gasteiger partial charge in [0.05, 0.1) is 16.7 Å². The lowest BCUT2D eigenvalue weighted by Crippen LogP contribution is -2.33. The molecule has 7 heteroatoms. The second-order valence-electron chi connectivity index (χ2n) is 6.74. The molecule has 0 radical (unpaired) electrons. The number of carbonyl (C=O) groups is 1. The molecule has 1 atom stereocenters. The van der Waals surface area contributed by atoms with Gasteiger partial charge in [-0.3, -0.25) is 4.79 Å². The summed E-state index contributed by atoms with van der Waals surface area (Å²) >= 11 is 0. The molecule has 3 rings (SSSR count). The van der Waals surface area contributed by atoms with E-state index in [1.54, 1.807) is 4.90 Å². The van der Waals surface area contributed by atoms with Gasteiger partial charge in [-0.2, -0.15) is 0 Å². The smallest absolute Gasteiger partial charge is 0.222 e. The zero-order chi connectivity index (χ0) is 18.7. The van der Waals surface area contributed by atoms with Crippen molar-refractivity contribution in [1.29, 1.82) is 0 Å². The van der Waals surface area contributed by atoms with Crippen LogP contribution in [0.3, 0.4) is 0 Å². The van der Waals surface area contributed by atoms with Crippen LogP contribution in [-0.2, 0) is 21.1 Å². The monoisotopic (exact) mass is 376 g/mol. The van der Waals surface area contributed by atoms with E-state index < -0.39 is 15.1 Å². The van der Waals surface area contributed by atoms with Crippen LogP contribution in [-0.4, -0.2) is 43.2 Å². The van der Waals surface area contributed by atoms with Gasteiger partial charge >= 0.3 is 0 Å². The van der Waals surface area contributed by atoms with Crippen molar-refractivity contribution < 1.29 is 17.7 Å². The molecule has 0 spiro atoms. The van der Waals surface area contributed by atoms with Crippen LogP contribution in [0.15, 0.2) is 34.9 Å². The second kappa shape index (κ2) is 7.61. The molecule has 0 N–H and O–H groups in total. The highest BCUT2D eigenvalue weighted by Gasteiger charge is 2.32. The molecule has 2 aromatic rings. The number of rotatable bonds is 4. The Bertz CT molecular complexity index is 855. The van der Waals surface area contributed by atoms with Gasteiger partial charge in [-0.15, -0.1) is 0 Å². The number of amides is 1. The highest BCUT2D eigenvalue weighted by atomic mass is 32.2. The van der Waals surface area contributed by atoms with E-state index in [4.69, 9.17) is 4.52 Å². The molecule has 140 valence electrons. The van der Waals surface area contributed by atoms with Crippen LogP contribution in [0.2, 0.25) is 0 Å². The summed E-state index contributed by atoms with van der Waals surface area (Å²) in [5.74, 6) is 0.718. The molecule has 1 aliphatic rings. The average molecular weight is 376 g/mol. The minimum atomic E-state index is -3.27. The van der Waals surface area contributed by atoms with Crippen molar-refractivity contribution in [2.24, 2.45) is 0 Å². The second-order valence-corrected chi connectivity index (χ2v) is 9.04. The van der Waals surface area contributed by atoms with Crippen LogP contribution in [0.1, 0.15) is 40.7 Å². The molecule has 1 aromatic heterocycles. The predicted octanol–water partition coefficient (Wildman–Crippen LogP) is 2.61. The molecule has 0 bridgehead atoms. The van der Waals surface area contributed by atoms with E-state index in [1.165, 1.54) is 0 Å². The summed E-state index contributed by atoms with van der Waals surface area (Å²) in [5, 5.41) is 3.37. The van der Waals surface area contributed by atoms with Crippen LogP contribution in [0, 0.1) is 13.8 Å². The van der Waals surface area contributed by atoms with Crippen molar-refractivity contribution in [3.63, 3.8) is 0 Å². The largest absolute Gasteiger partial charge is 0.361 e. The molecule has 1 fully saturated rings. The minimum absolute atomic E-state index is 0.00359. The SMILES string of the molecule is Cc1noc(C)c1CCC(=O)N1CCC(c2ccccc2)S(=O)(=O)CC1. The van der Waals surface area contributed by atoms with E-state index >= 15 is 0 Å². The van der Waals surface area contributed by atoms with E-state index in [1.807, 2.05) is 44.2 Å². The Morgan fingerprint density at radius 3 is 2.62 bits per heavy atom. The summed E-state index contributed by atoms with van der Waals surface area (Å²) in [7, 11) is -3.27. The van der Waals surface area contributed by atoms with Crippen molar-refractivity contribution in [1.82, 2.24) is 10.1 Å². The first kappa shape index (κ1) is 18.6. The fourth-order valence-corrected chi connectivity index (χ4v) is 5.28. The van der Waals surface area contributed by atoms with Gasteiger partial charge < -0.3 is 9.42 Å². The Kier molecular flexibility index (Phi) is 5.46. The quantitative estimate of drug-likeness (QED) is 0.819. The minimum Gasteiger partial charge on any atom is -0.361 e. The Labute approximate surface area is 154 Å². The van der Waals surface area contributed by atoms with Gasteiger partial charge in [0.2, 0.25) is 5.91 Å². The van der Waals surface area contributed by atoms with Gasteiger partial charge in [-0.05, 0) is 32.3 Å². The first-order valence-corrected chi connectivity index (χ1v) is 10.6. The van der Waals surface area contributed by atoms with E-state index in [9.17, 15) is 13.2 Å². The van der Waals surface area contributed by atoms with Crippen LogP contribution in [0.4, 0.5) is 0 Å². The van der Waals surface area contributed by atoms with Crippen LogP contribution >= 0.6 is 0 Å². The zero-order valence-electron chi connectivity index (χ0n) is 15.1. The number of aromatic nitrogens is 1. The molecule has 0 aliphatic carbocycles. The molecule has 1 unspecified atom stereocenters. The molecule has 1 amide bonds. The van der Waals surface area contributed by atoms with Crippen LogP contribution in [0.5, 0.6) is 0 Å². The Morgan fingerprint density at radius 1 is 1.23 bits per heavy atom. The molecule has 6 nitrogen and oxygen atoms in total. The molecule has 1 aliphatic heterocycles. The van der Waals surface area contributed by atoms with E-state index in [0.717, 1.165) is 22.6 Å². The number of hydrogen-bond donors (Lipinski definition) is 0. The summed E-state index contributed by atoms with van der Waals surface area (Å²) in [6.07, 6.45) is 1.33. The van der Waals surface area contributed by atoms with Crippen molar-refractivity contribution >= 4 is 15.7 Å². The Balaban J connectivity index is 1.66. The summed E-state index contributed by atoms with van der Waals surface area (Å²) in [5.41, 5.74) is 2.57. The third-order valence-electron chi connectivity index (χ3n) is 5.03. The first-order valence-electron chi connectivity index (χ1n) is 8.84. The highest BCUT2D eigenvalue weighted by Crippen LogP contribution is 2.29. The van der Waals surface area contributed by atoms with E-state index in [-0.39, 0.29) is 18.2 Å². The first-order chi connectivity index (χ1) is 12.4. The van der Waals surface area contributed by atoms with Crippen molar-refractivity contribution in [2.45, 2.75) is 38.4 Å². The number of nitrogens with zero attached hydrogens (tertiary/aromatic N) is 2. The fourth-order valence-electron chi connectivity index (χ4n) is 3.48. The van der Waals surface area contributed by atoms with Gasteiger partial charge in [-0.25, -0.2) is 8.42 Å². The third kappa shape index (κ3) is 3.98. The topological polar surface area (TPSA) is 80.5 Å². The number of aryl methyl sites for hydroxylation is 2. The van der Waals surface area contributed by atoms with Gasteiger partial charge in [0.1, 0.15) is 5.76 Å². The Morgan fingerprint density at radius 2 is 1.96 bits per heavy atom. The number of carbonyl (C=O) groups excluding carboxylic acids is 1. The van der Waals surface area contributed by atoms with Gasteiger partial charge in [0.25, 0.3) is 0 Å². The fraction of sp³-hybridized carbons (Fsp3) is 0.474. The van der Waals surface area contributed by atoms with Crippen LogP contribution < -0.4 is 0 Å². The maximum atomic E-state index is 12.6. The number of benzene rings is 1. The third-order valence-corrected chi connectivity index (χ3v) is 7.16. The van der Waals surface area contributed by atoms with Gasteiger partial charge in [-0.1, -0.05) is 35.5 Å². The lowest BCUT2D eigenvalue weighted by molar-refractivity contribution is -0.130. The lowest BCUT2D eigenvalue weighted by Gasteiger charge is -2.20. The van der Waals surface area contributed by atoms with E-state index in [2.05, 4.69) is 5.16 Å². The average Bonchev–Trinajstić information content (AvgIpc) is 2.84. The molecule has 26 heavy (non-hydrogen) atoms. The summed E-state index contributed by atoms with van der Waals surface area (Å²) < 4.78 is 30.4. The van der Waals surface area contributed by atoms with Crippen LogP contribution in [0.25, 0.3) is 0 Å². The van der Waals surface area contributed by atoms with Gasteiger partial charge in [0, 0.05) is 25.1 Å². The number of sulfone groups is 1. The molecule has 1 saturated heterocycles. The maximum Gasteiger partial charge on any atom is 0.222 e. The predicted molar refractivity (Wildman–Crippen MR) is 98.5 cm³/mol. The van der Waals surface area contributed by atoms with Gasteiger partial charge in [0.15, 0.2) is 9.84 Å². The normalized spacial score (nSPS) is 19.9. The highest BCUT2D eigenvalue weighted by molar-refractivity contribution is 7.91. The lowest BCUT2D eigenvalue weighted by atomic mass is 10.1.